The Kier molecular flexibility index (Phi) is 5.89. The van der Waals surface area contributed by atoms with E-state index in [1.807, 2.05) is 0 Å². The van der Waals surface area contributed by atoms with Gasteiger partial charge in [-0.05, 0) is 31.6 Å². The molecule has 2 rings (SSSR count). The van der Waals surface area contributed by atoms with Crippen molar-refractivity contribution >= 4 is 18.1 Å². The van der Waals surface area contributed by atoms with Crippen molar-refractivity contribution in [2.24, 2.45) is 28.9 Å². The van der Waals surface area contributed by atoms with Gasteiger partial charge in [-0.1, -0.05) is 6.92 Å². The molecular formula is C18H32N3O4+. The summed E-state index contributed by atoms with van der Waals surface area (Å²) in [5.41, 5.74) is 4.98. The lowest BCUT2D eigenvalue weighted by atomic mass is 9.71. The summed E-state index contributed by atoms with van der Waals surface area (Å²) >= 11 is 0. The number of piperidine rings is 1. The average molecular weight is 354 g/mol. The number of nitrogens with two attached hydrogens (primary N) is 1. The summed E-state index contributed by atoms with van der Waals surface area (Å²) in [5.74, 6) is -0.609. The van der Waals surface area contributed by atoms with E-state index in [-0.39, 0.29) is 17.7 Å². The Hall–Kier alpha value is -1.47. The van der Waals surface area contributed by atoms with Gasteiger partial charge in [0.15, 0.2) is 12.5 Å². The van der Waals surface area contributed by atoms with Gasteiger partial charge in [-0.25, -0.2) is 0 Å². The largest absolute Gasteiger partial charge is 0.369 e. The first-order chi connectivity index (χ1) is 11.6. The van der Waals surface area contributed by atoms with Crippen LogP contribution < -0.4 is 11.1 Å². The number of carbonyl (C=O) groups is 3. The molecule has 1 aliphatic carbocycles. The third-order valence-corrected chi connectivity index (χ3v) is 6.19. The van der Waals surface area contributed by atoms with Gasteiger partial charge in [0.25, 0.3) is 0 Å². The highest BCUT2D eigenvalue weighted by atomic mass is 16.3. The number of rotatable bonds is 8. The standard InChI is InChI=1S/C18H31N3O4/c1-4-12-10-21(2,3)8-5-13(12)14(16(24)20-15(23)11-22)9-18(6-7-18)17(19)25/h11-15,23H,4-10H2,1-3H3,(H2-,19,20,24,25)/p+1. The molecule has 7 nitrogen and oxygen atoms in total. The van der Waals surface area contributed by atoms with E-state index in [0.29, 0.717) is 31.5 Å². The van der Waals surface area contributed by atoms with Crippen molar-refractivity contribution in [2.45, 2.75) is 45.3 Å². The van der Waals surface area contributed by atoms with E-state index in [0.717, 1.165) is 30.4 Å². The van der Waals surface area contributed by atoms with Crippen LogP contribution in [0.15, 0.2) is 0 Å². The number of hydrogen-bond donors (Lipinski definition) is 3. The van der Waals surface area contributed by atoms with Gasteiger partial charge >= 0.3 is 0 Å². The summed E-state index contributed by atoms with van der Waals surface area (Å²) in [6.45, 7) is 4.06. The second kappa shape index (κ2) is 7.41. The molecule has 4 N–H and O–H groups in total. The number of nitrogens with one attached hydrogen (secondary N) is 1. The van der Waals surface area contributed by atoms with Crippen molar-refractivity contribution < 1.29 is 24.0 Å². The molecule has 0 aromatic rings. The number of carbonyl (C=O) groups excluding carboxylic acids is 3. The number of hydrogen-bond acceptors (Lipinski definition) is 4. The molecule has 142 valence electrons. The van der Waals surface area contributed by atoms with Gasteiger partial charge in [0, 0.05) is 23.7 Å². The molecule has 4 unspecified atom stereocenters. The Labute approximate surface area is 149 Å². The van der Waals surface area contributed by atoms with Crippen molar-refractivity contribution in [1.29, 1.82) is 0 Å². The number of nitrogens with zero attached hydrogens (tertiary/aromatic N) is 1. The SMILES string of the molecule is CCC1C[N+](C)(C)CCC1C(CC1(C(N)=O)CC1)C(=O)NC(O)C=O. The van der Waals surface area contributed by atoms with Gasteiger partial charge < -0.3 is 20.6 Å². The lowest BCUT2D eigenvalue weighted by molar-refractivity contribution is -0.900. The van der Waals surface area contributed by atoms with E-state index >= 15 is 0 Å². The second-order valence-corrected chi connectivity index (χ2v) is 8.51. The first-order valence-electron chi connectivity index (χ1n) is 9.20. The molecule has 25 heavy (non-hydrogen) atoms. The molecule has 0 radical (unpaired) electrons. The van der Waals surface area contributed by atoms with Crippen LogP contribution in [-0.4, -0.2) is 61.1 Å². The number of aliphatic hydroxyl groups excluding tert-OH is 1. The number of amides is 2. The third kappa shape index (κ3) is 4.58. The van der Waals surface area contributed by atoms with Crippen molar-refractivity contribution in [3.63, 3.8) is 0 Å². The fourth-order valence-corrected chi connectivity index (χ4v) is 4.41. The van der Waals surface area contributed by atoms with E-state index in [9.17, 15) is 19.5 Å². The van der Waals surface area contributed by atoms with Gasteiger partial charge in [-0.3, -0.25) is 14.4 Å². The summed E-state index contributed by atoms with van der Waals surface area (Å²) in [7, 11) is 4.38. The third-order valence-electron chi connectivity index (χ3n) is 6.19. The highest BCUT2D eigenvalue weighted by Crippen LogP contribution is 2.52. The predicted molar refractivity (Wildman–Crippen MR) is 92.9 cm³/mol. The number of primary amides is 1. The van der Waals surface area contributed by atoms with Crippen LogP contribution >= 0.6 is 0 Å². The lowest BCUT2D eigenvalue weighted by Crippen LogP contribution is -2.54. The highest BCUT2D eigenvalue weighted by molar-refractivity contribution is 5.86. The summed E-state index contributed by atoms with van der Waals surface area (Å²) < 4.78 is 0.918. The Balaban J connectivity index is 2.22. The molecule has 1 saturated carbocycles. The summed E-state index contributed by atoms with van der Waals surface area (Å²) in [6.07, 6.45) is 2.48. The molecule has 1 aliphatic heterocycles. The van der Waals surface area contributed by atoms with Crippen LogP contribution in [-0.2, 0) is 14.4 Å². The van der Waals surface area contributed by atoms with Crippen LogP contribution in [0.2, 0.25) is 0 Å². The van der Waals surface area contributed by atoms with Gasteiger partial charge in [-0.15, -0.1) is 0 Å². The fourth-order valence-electron chi connectivity index (χ4n) is 4.41. The maximum atomic E-state index is 12.8. The Bertz CT molecular complexity index is 530. The molecule has 2 fully saturated rings. The first-order valence-corrected chi connectivity index (χ1v) is 9.20. The maximum absolute atomic E-state index is 12.8. The molecule has 0 bridgehead atoms. The normalized spacial score (nSPS) is 29.3. The minimum absolute atomic E-state index is 0.131. The van der Waals surface area contributed by atoms with Crippen molar-refractivity contribution in [1.82, 2.24) is 5.32 Å². The monoisotopic (exact) mass is 354 g/mol. The molecule has 0 spiro atoms. The van der Waals surface area contributed by atoms with E-state index in [1.165, 1.54) is 0 Å². The van der Waals surface area contributed by atoms with Crippen LogP contribution in [0, 0.1) is 23.2 Å². The van der Waals surface area contributed by atoms with Crippen molar-refractivity contribution in [3.8, 4) is 0 Å². The van der Waals surface area contributed by atoms with Gasteiger partial charge in [0.1, 0.15) is 0 Å². The molecule has 1 saturated heterocycles. The zero-order chi connectivity index (χ0) is 18.8. The highest BCUT2D eigenvalue weighted by Gasteiger charge is 2.53. The van der Waals surface area contributed by atoms with Gasteiger partial charge in [0.2, 0.25) is 11.8 Å². The van der Waals surface area contributed by atoms with Crippen LogP contribution in [0.5, 0.6) is 0 Å². The molecule has 7 heteroatoms. The van der Waals surface area contributed by atoms with E-state index < -0.39 is 17.6 Å². The smallest absolute Gasteiger partial charge is 0.225 e. The number of aldehydes is 1. The number of quaternary nitrogens is 1. The zero-order valence-electron chi connectivity index (χ0n) is 15.5. The van der Waals surface area contributed by atoms with Crippen LogP contribution in [0.4, 0.5) is 0 Å². The first kappa shape index (κ1) is 19.8. The lowest BCUT2D eigenvalue weighted by Gasteiger charge is -2.45. The second-order valence-electron chi connectivity index (χ2n) is 8.51. The molecule has 1 heterocycles. The minimum atomic E-state index is -1.50. The maximum Gasteiger partial charge on any atom is 0.225 e. The molecule has 4 atom stereocenters. The van der Waals surface area contributed by atoms with Crippen LogP contribution in [0.3, 0.4) is 0 Å². The molecule has 2 aliphatic rings. The Morgan fingerprint density at radius 3 is 2.52 bits per heavy atom. The quantitative estimate of drug-likeness (QED) is 0.324. The van der Waals surface area contributed by atoms with Crippen LogP contribution in [0.25, 0.3) is 0 Å². The van der Waals surface area contributed by atoms with Gasteiger partial charge in [-0.2, -0.15) is 0 Å². The fraction of sp³-hybridized carbons (Fsp3) is 0.833. The van der Waals surface area contributed by atoms with E-state index in [4.69, 9.17) is 5.73 Å². The van der Waals surface area contributed by atoms with E-state index in [2.05, 4.69) is 26.3 Å². The molecule has 0 aromatic carbocycles. The number of likely N-dealkylation sites (tertiary alicyclic amines) is 1. The number of aliphatic hydroxyl groups is 1. The summed E-state index contributed by atoms with van der Waals surface area (Å²) in [4.78, 5) is 35.3. The molecule has 0 aromatic heterocycles. The van der Waals surface area contributed by atoms with E-state index in [1.54, 1.807) is 0 Å². The van der Waals surface area contributed by atoms with Crippen molar-refractivity contribution in [3.05, 3.63) is 0 Å². The minimum Gasteiger partial charge on any atom is -0.369 e. The van der Waals surface area contributed by atoms with Crippen molar-refractivity contribution in [2.75, 3.05) is 27.2 Å². The summed E-state index contributed by atoms with van der Waals surface area (Å²) in [6, 6.07) is 0. The topological polar surface area (TPSA) is 109 Å². The Morgan fingerprint density at radius 2 is 2.04 bits per heavy atom. The predicted octanol–water partition coefficient (Wildman–Crippen LogP) is 0.0142. The van der Waals surface area contributed by atoms with Gasteiger partial charge in [0.05, 0.1) is 27.2 Å². The molecule has 2 amide bonds. The molecular weight excluding hydrogens is 322 g/mol. The Morgan fingerprint density at radius 1 is 1.40 bits per heavy atom. The summed E-state index contributed by atoms with van der Waals surface area (Å²) in [5, 5.41) is 11.9. The zero-order valence-corrected chi connectivity index (χ0v) is 15.5. The average Bonchev–Trinajstić information content (AvgIpc) is 3.33. The van der Waals surface area contributed by atoms with Crippen LogP contribution in [0.1, 0.15) is 39.0 Å².